The first kappa shape index (κ1) is 15.8. The van der Waals surface area contributed by atoms with Gasteiger partial charge >= 0.3 is 12.0 Å². The Kier molecular flexibility index (Phi) is 6.62. The van der Waals surface area contributed by atoms with Crippen LogP contribution in [0.5, 0.6) is 0 Å². The summed E-state index contributed by atoms with van der Waals surface area (Å²) in [7, 11) is 0. The second-order valence-electron chi connectivity index (χ2n) is 5.10. The average Bonchev–Trinajstić information content (AvgIpc) is 2.39. The van der Waals surface area contributed by atoms with Crippen LogP contribution in [0.25, 0.3) is 0 Å². The van der Waals surface area contributed by atoms with E-state index in [-0.39, 0.29) is 19.2 Å². The number of urea groups is 1. The molecule has 0 aromatic rings. The van der Waals surface area contributed by atoms with Crippen molar-refractivity contribution in [2.75, 3.05) is 26.2 Å². The van der Waals surface area contributed by atoms with Crippen LogP contribution in [0.15, 0.2) is 0 Å². The Morgan fingerprint density at radius 2 is 2.21 bits per heavy atom. The summed E-state index contributed by atoms with van der Waals surface area (Å²) in [5.41, 5.74) is 0. The number of amides is 2. The monoisotopic (exact) mass is 272 g/mol. The fraction of sp³-hybridized carbons (Fsp3) is 0.846. The average molecular weight is 272 g/mol. The molecule has 0 spiro atoms. The lowest BCUT2D eigenvalue weighted by Crippen LogP contribution is -2.47. The number of carbonyl (C=O) groups is 2. The number of hydrogen-bond donors (Lipinski definition) is 3. The van der Waals surface area contributed by atoms with Gasteiger partial charge in [-0.1, -0.05) is 6.92 Å². The molecule has 0 aliphatic carbocycles. The van der Waals surface area contributed by atoms with Crippen LogP contribution < -0.4 is 5.32 Å². The number of aliphatic carboxylic acids is 1. The molecule has 19 heavy (non-hydrogen) atoms. The fourth-order valence-electron chi connectivity index (χ4n) is 2.40. The Balaban J connectivity index is 2.38. The number of piperidine rings is 1. The number of nitrogens with one attached hydrogen (secondary N) is 1. The number of aliphatic hydroxyl groups is 1. The molecule has 6 heteroatoms. The van der Waals surface area contributed by atoms with Crippen molar-refractivity contribution < 1.29 is 19.8 Å². The Morgan fingerprint density at radius 1 is 1.47 bits per heavy atom. The zero-order valence-electron chi connectivity index (χ0n) is 11.5. The van der Waals surface area contributed by atoms with Crippen molar-refractivity contribution in [3.63, 3.8) is 0 Å². The first-order valence-electron chi connectivity index (χ1n) is 6.94. The lowest BCUT2D eigenvalue weighted by Gasteiger charge is -2.32. The summed E-state index contributed by atoms with van der Waals surface area (Å²) in [5.74, 6) is -1.05. The topological polar surface area (TPSA) is 89.9 Å². The molecular weight excluding hydrogens is 248 g/mol. The highest BCUT2D eigenvalue weighted by atomic mass is 16.4. The zero-order chi connectivity index (χ0) is 14.3. The molecule has 0 aromatic heterocycles. The number of rotatable bonds is 6. The fourth-order valence-corrected chi connectivity index (χ4v) is 2.40. The van der Waals surface area contributed by atoms with Crippen LogP contribution in [-0.4, -0.2) is 53.4 Å². The Labute approximate surface area is 113 Å². The maximum absolute atomic E-state index is 12.0. The predicted molar refractivity (Wildman–Crippen MR) is 70.8 cm³/mol. The van der Waals surface area contributed by atoms with Crippen LogP contribution in [0.4, 0.5) is 4.79 Å². The van der Waals surface area contributed by atoms with Gasteiger partial charge in [0.25, 0.3) is 0 Å². The number of nitrogens with zero attached hydrogens (tertiary/aromatic N) is 1. The van der Waals surface area contributed by atoms with Gasteiger partial charge in [0.2, 0.25) is 0 Å². The highest BCUT2D eigenvalue weighted by Gasteiger charge is 2.24. The van der Waals surface area contributed by atoms with Crippen molar-refractivity contribution in [1.82, 2.24) is 10.2 Å². The van der Waals surface area contributed by atoms with E-state index in [2.05, 4.69) is 5.32 Å². The summed E-state index contributed by atoms with van der Waals surface area (Å²) < 4.78 is 0. The van der Waals surface area contributed by atoms with Gasteiger partial charge in [-0.15, -0.1) is 0 Å². The molecule has 0 aromatic carbocycles. The lowest BCUT2D eigenvalue weighted by molar-refractivity contribution is -0.141. The molecular formula is C13H24N2O4. The van der Waals surface area contributed by atoms with E-state index in [9.17, 15) is 9.59 Å². The summed E-state index contributed by atoms with van der Waals surface area (Å²) in [6.45, 7) is 3.47. The van der Waals surface area contributed by atoms with Crippen LogP contribution in [0.3, 0.4) is 0 Å². The van der Waals surface area contributed by atoms with E-state index in [4.69, 9.17) is 10.2 Å². The zero-order valence-corrected chi connectivity index (χ0v) is 11.5. The van der Waals surface area contributed by atoms with Crippen LogP contribution in [-0.2, 0) is 4.79 Å². The molecule has 0 saturated carbocycles. The smallest absolute Gasteiger partial charge is 0.317 e. The third-order valence-electron chi connectivity index (χ3n) is 3.69. The molecule has 3 N–H and O–H groups in total. The molecule has 1 saturated heterocycles. The molecule has 1 fully saturated rings. The largest absolute Gasteiger partial charge is 0.481 e. The van der Waals surface area contributed by atoms with Crippen molar-refractivity contribution in [3.8, 4) is 0 Å². The molecule has 0 bridgehead atoms. The van der Waals surface area contributed by atoms with E-state index >= 15 is 0 Å². The molecule has 2 amide bonds. The van der Waals surface area contributed by atoms with E-state index in [1.54, 1.807) is 11.8 Å². The lowest BCUT2D eigenvalue weighted by atomic mass is 9.95. The minimum Gasteiger partial charge on any atom is -0.481 e. The maximum atomic E-state index is 12.0. The Bertz CT molecular complexity index is 307. The number of carbonyl (C=O) groups excluding carboxylic acids is 1. The van der Waals surface area contributed by atoms with Gasteiger partial charge in [0.05, 0.1) is 5.92 Å². The first-order valence-corrected chi connectivity index (χ1v) is 6.94. The molecule has 1 heterocycles. The Morgan fingerprint density at radius 3 is 2.79 bits per heavy atom. The third kappa shape index (κ3) is 5.06. The molecule has 110 valence electrons. The Hall–Kier alpha value is -1.30. The molecule has 1 aliphatic rings. The van der Waals surface area contributed by atoms with Gasteiger partial charge in [0.1, 0.15) is 0 Å². The van der Waals surface area contributed by atoms with Crippen LogP contribution in [0, 0.1) is 11.8 Å². The summed E-state index contributed by atoms with van der Waals surface area (Å²) >= 11 is 0. The molecule has 2 atom stereocenters. The number of carboxylic acid groups (broad SMARTS) is 1. The number of hydrogen-bond acceptors (Lipinski definition) is 3. The van der Waals surface area contributed by atoms with Gasteiger partial charge in [-0.2, -0.15) is 0 Å². The quantitative estimate of drug-likeness (QED) is 0.670. The number of likely N-dealkylation sites (tertiary alicyclic amines) is 1. The first-order chi connectivity index (χ1) is 9.08. The van der Waals surface area contributed by atoms with Gasteiger partial charge in [-0.25, -0.2) is 4.79 Å². The number of aliphatic hydroxyl groups excluding tert-OH is 1. The van der Waals surface area contributed by atoms with Crippen molar-refractivity contribution in [2.45, 2.75) is 32.6 Å². The van der Waals surface area contributed by atoms with E-state index < -0.39 is 11.9 Å². The van der Waals surface area contributed by atoms with Crippen LogP contribution in [0.2, 0.25) is 0 Å². The van der Waals surface area contributed by atoms with Crippen molar-refractivity contribution in [3.05, 3.63) is 0 Å². The van der Waals surface area contributed by atoms with Gasteiger partial charge in [-0.05, 0) is 31.6 Å². The number of carboxylic acids is 1. The molecule has 0 radical (unpaired) electrons. The SMILES string of the molecule is CCC(CNC(=O)N1CCCC(CCO)C1)C(=O)O. The minimum atomic E-state index is -0.875. The summed E-state index contributed by atoms with van der Waals surface area (Å²) in [6.07, 6.45) is 3.20. The second-order valence-corrected chi connectivity index (χ2v) is 5.10. The van der Waals surface area contributed by atoms with Crippen molar-refractivity contribution in [1.29, 1.82) is 0 Å². The summed E-state index contributed by atoms with van der Waals surface area (Å²) in [5, 5.41) is 20.5. The third-order valence-corrected chi connectivity index (χ3v) is 3.69. The highest BCUT2D eigenvalue weighted by molar-refractivity contribution is 5.76. The molecule has 6 nitrogen and oxygen atoms in total. The molecule has 2 unspecified atom stereocenters. The van der Waals surface area contributed by atoms with Crippen LogP contribution >= 0.6 is 0 Å². The van der Waals surface area contributed by atoms with Crippen molar-refractivity contribution >= 4 is 12.0 Å². The van der Waals surface area contributed by atoms with Gasteiger partial charge in [-0.3, -0.25) is 4.79 Å². The standard InChI is InChI=1S/C13H24N2O4/c1-2-11(12(17)18)8-14-13(19)15-6-3-4-10(9-15)5-7-16/h10-11,16H,2-9H2,1H3,(H,14,19)(H,17,18). The van der Waals surface area contributed by atoms with E-state index in [1.165, 1.54) is 0 Å². The van der Waals surface area contributed by atoms with Gasteiger partial charge in [0, 0.05) is 26.2 Å². The van der Waals surface area contributed by atoms with E-state index in [0.717, 1.165) is 19.3 Å². The maximum Gasteiger partial charge on any atom is 0.317 e. The summed E-state index contributed by atoms with van der Waals surface area (Å²) in [4.78, 5) is 24.5. The van der Waals surface area contributed by atoms with Crippen molar-refractivity contribution in [2.24, 2.45) is 11.8 Å². The summed E-state index contributed by atoms with van der Waals surface area (Å²) in [6, 6.07) is -0.192. The van der Waals surface area contributed by atoms with Gasteiger partial charge in [0.15, 0.2) is 0 Å². The van der Waals surface area contributed by atoms with E-state index in [0.29, 0.717) is 25.4 Å². The normalized spacial score (nSPS) is 20.9. The second kappa shape index (κ2) is 7.99. The van der Waals surface area contributed by atoms with Crippen LogP contribution in [0.1, 0.15) is 32.6 Å². The predicted octanol–water partition coefficient (Wildman–Crippen LogP) is 0.901. The molecule has 1 rings (SSSR count). The van der Waals surface area contributed by atoms with Gasteiger partial charge < -0.3 is 20.4 Å². The minimum absolute atomic E-state index is 0.150. The molecule has 1 aliphatic heterocycles. The highest BCUT2D eigenvalue weighted by Crippen LogP contribution is 2.19. The van der Waals surface area contributed by atoms with E-state index in [1.807, 2.05) is 0 Å².